The zero-order valence-corrected chi connectivity index (χ0v) is 13.8. The van der Waals surface area contributed by atoms with E-state index in [4.69, 9.17) is 8.83 Å². The first kappa shape index (κ1) is 15.5. The van der Waals surface area contributed by atoms with E-state index in [2.05, 4.69) is 20.2 Å². The van der Waals surface area contributed by atoms with Gasteiger partial charge in [-0.3, -0.25) is 4.79 Å². The summed E-state index contributed by atoms with van der Waals surface area (Å²) in [5.74, 6) is 1.20. The number of aromatic nitrogens is 4. The molecule has 128 valence electrons. The number of likely N-dealkylation sites (tertiary alicyclic amines) is 1. The van der Waals surface area contributed by atoms with Crippen LogP contribution in [0.4, 0.5) is 0 Å². The van der Waals surface area contributed by atoms with E-state index in [1.165, 1.54) is 12.6 Å². The van der Waals surface area contributed by atoms with Crippen LogP contribution in [0, 0.1) is 6.92 Å². The van der Waals surface area contributed by atoms with Gasteiger partial charge in [0.05, 0.1) is 23.4 Å². The molecule has 25 heavy (non-hydrogen) atoms. The van der Waals surface area contributed by atoms with Gasteiger partial charge in [0, 0.05) is 19.3 Å². The van der Waals surface area contributed by atoms with Crippen molar-refractivity contribution in [2.45, 2.75) is 25.7 Å². The second-order valence-electron chi connectivity index (χ2n) is 6.03. The first-order valence-electron chi connectivity index (χ1n) is 8.15. The van der Waals surface area contributed by atoms with E-state index >= 15 is 0 Å². The number of piperidine rings is 1. The zero-order valence-electron chi connectivity index (χ0n) is 13.8. The van der Waals surface area contributed by atoms with Crippen LogP contribution in [0.15, 0.2) is 39.8 Å². The molecule has 1 saturated heterocycles. The van der Waals surface area contributed by atoms with E-state index in [0.717, 1.165) is 24.1 Å². The Labute approximate surface area is 143 Å². The molecule has 0 spiro atoms. The topological polar surface area (TPSA) is 98.2 Å². The third kappa shape index (κ3) is 3.02. The highest BCUT2D eigenvalue weighted by molar-refractivity contribution is 5.91. The molecule has 1 atom stereocenters. The van der Waals surface area contributed by atoms with Gasteiger partial charge in [-0.15, -0.1) is 10.2 Å². The van der Waals surface area contributed by atoms with E-state index in [-0.39, 0.29) is 11.8 Å². The maximum Gasteiger partial charge on any atom is 0.289 e. The Kier molecular flexibility index (Phi) is 4.01. The third-order valence-corrected chi connectivity index (χ3v) is 4.37. The first-order chi connectivity index (χ1) is 12.2. The molecule has 0 radical (unpaired) electrons. The first-order valence-corrected chi connectivity index (χ1v) is 8.15. The lowest BCUT2D eigenvalue weighted by atomic mass is 9.98. The molecular formula is C17H17N5O3. The highest BCUT2D eigenvalue weighted by Gasteiger charge is 2.30. The van der Waals surface area contributed by atoms with Crippen molar-refractivity contribution in [2.24, 2.45) is 0 Å². The van der Waals surface area contributed by atoms with Gasteiger partial charge in [0.2, 0.25) is 5.89 Å². The third-order valence-electron chi connectivity index (χ3n) is 4.37. The summed E-state index contributed by atoms with van der Waals surface area (Å²) in [5, 5.41) is 8.30. The van der Waals surface area contributed by atoms with E-state index in [1.54, 1.807) is 23.2 Å². The highest BCUT2D eigenvalue weighted by Crippen LogP contribution is 2.29. The van der Waals surface area contributed by atoms with E-state index in [9.17, 15) is 4.79 Å². The van der Waals surface area contributed by atoms with Crippen molar-refractivity contribution < 1.29 is 13.6 Å². The molecule has 0 unspecified atom stereocenters. The maximum atomic E-state index is 12.5. The van der Waals surface area contributed by atoms with Gasteiger partial charge in [0.15, 0.2) is 5.76 Å². The van der Waals surface area contributed by atoms with Crippen molar-refractivity contribution in [2.75, 3.05) is 13.1 Å². The number of aryl methyl sites for hydroxylation is 1. The summed E-state index contributed by atoms with van der Waals surface area (Å²) in [4.78, 5) is 22.4. The fourth-order valence-corrected chi connectivity index (χ4v) is 3.03. The Morgan fingerprint density at radius 2 is 2.28 bits per heavy atom. The summed E-state index contributed by atoms with van der Waals surface area (Å²) in [6.45, 7) is 3.10. The van der Waals surface area contributed by atoms with Crippen LogP contribution in [0.3, 0.4) is 0 Å². The monoisotopic (exact) mass is 339 g/mol. The van der Waals surface area contributed by atoms with Gasteiger partial charge < -0.3 is 13.7 Å². The fourth-order valence-electron chi connectivity index (χ4n) is 3.03. The number of carbonyl (C=O) groups excluding carboxylic acids is 1. The Bertz CT molecular complexity index is 874. The smallest absolute Gasteiger partial charge is 0.289 e. The fraction of sp³-hybridized carbons (Fsp3) is 0.353. The minimum Gasteiger partial charge on any atom is -0.459 e. The molecule has 1 fully saturated rings. The van der Waals surface area contributed by atoms with Gasteiger partial charge >= 0.3 is 0 Å². The van der Waals surface area contributed by atoms with Crippen molar-refractivity contribution in [3.63, 3.8) is 0 Å². The SMILES string of the molecule is Cc1ncncc1-c1nnc([C@@H]2CCCN(C(=O)c3ccco3)C2)o1. The zero-order chi connectivity index (χ0) is 17.2. The molecule has 3 aromatic rings. The molecule has 3 aromatic heterocycles. The van der Waals surface area contributed by atoms with Gasteiger partial charge in [0.25, 0.3) is 11.8 Å². The minimum atomic E-state index is -0.109. The normalized spacial score (nSPS) is 17.6. The van der Waals surface area contributed by atoms with Crippen molar-refractivity contribution in [1.29, 1.82) is 0 Å². The Hall–Kier alpha value is -3.03. The standard InChI is InChI=1S/C17H17N5O3/c1-11-13(8-18-10-19-11)16-21-20-15(25-16)12-4-2-6-22(9-12)17(23)14-5-3-7-24-14/h3,5,7-8,10,12H,2,4,6,9H2,1H3/t12-/m1/s1. The lowest BCUT2D eigenvalue weighted by Gasteiger charge is -2.30. The van der Waals surface area contributed by atoms with Crippen LogP contribution < -0.4 is 0 Å². The predicted octanol–water partition coefficient (Wildman–Crippen LogP) is 2.45. The number of hydrogen-bond acceptors (Lipinski definition) is 7. The van der Waals surface area contributed by atoms with Crippen LogP contribution in [0.2, 0.25) is 0 Å². The van der Waals surface area contributed by atoms with Gasteiger partial charge in [0.1, 0.15) is 6.33 Å². The number of hydrogen-bond donors (Lipinski definition) is 0. The molecular weight excluding hydrogens is 322 g/mol. The lowest BCUT2D eigenvalue weighted by molar-refractivity contribution is 0.0666. The van der Waals surface area contributed by atoms with Crippen LogP contribution in [-0.4, -0.2) is 44.1 Å². The Balaban J connectivity index is 1.52. The summed E-state index contributed by atoms with van der Waals surface area (Å²) in [5.41, 5.74) is 1.50. The lowest BCUT2D eigenvalue weighted by Crippen LogP contribution is -2.39. The molecule has 0 saturated carbocycles. The number of rotatable bonds is 3. The molecule has 0 aliphatic carbocycles. The molecule has 8 heteroatoms. The van der Waals surface area contributed by atoms with Gasteiger partial charge in [-0.2, -0.15) is 0 Å². The van der Waals surface area contributed by atoms with Crippen molar-refractivity contribution >= 4 is 5.91 Å². The van der Waals surface area contributed by atoms with E-state index < -0.39 is 0 Å². The molecule has 1 amide bonds. The second kappa shape index (κ2) is 6.46. The van der Waals surface area contributed by atoms with Gasteiger partial charge in [-0.25, -0.2) is 9.97 Å². The number of carbonyl (C=O) groups is 1. The Morgan fingerprint density at radius 1 is 1.36 bits per heavy atom. The van der Waals surface area contributed by atoms with Crippen LogP contribution in [0.1, 0.15) is 40.9 Å². The van der Waals surface area contributed by atoms with Gasteiger partial charge in [-0.1, -0.05) is 0 Å². The summed E-state index contributed by atoms with van der Waals surface area (Å²) in [6, 6.07) is 3.39. The van der Waals surface area contributed by atoms with Crippen molar-refractivity contribution in [1.82, 2.24) is 25.1 Å². The summed E-state index contributed by atoms with van der Waals surface area (Å²) < 4.78 is 11.1. The molecule has 4 rings (SSSR count). The molecule has 4 heterocycles. The van der Waals surface area contributed by atoms with E-state index in [1.807, 2.05) is 6.92 Å². The minimum absolute atomic E-state index is 0.0128. The average molecular weight is 339 g/mol. The molecule has 0 N–H and O–H groups in total. The molecule has 0 aromatic carbocycles. The molecule has 1 aliphatic heterocycles. The summed E-state index contributed by atoms with van der Waals surface area (Å²) in [6.07, 6.45) is 6.42. The molecule has 8 nitrogen and oxygen atoms in total. The van der Waals surface area contributed by atoms with Crippen molar-refractivity contribution in [3.8, 4) is 11.5 Å². The number of amides is 1. The largest absolute Gasteiger partial charge is 0.459 e. The highest BCUT2D eigenvalue weighted by atomic mass is 16.4. The number of furan rings is 1. The van der Waals surface area contributed by atoms with Crippen molar-refractivity contribution in [3.05, 3.63) is 48.3 Å². The van der Waals surface area contributed by atoms with Crippen LogP contribution in [0.5, 0.6) is 0 Å². The predicted molar refractivity (Wildman–Crippen MR) is 86.6 cm³/mol. The summed E-state index contributed by atoms with van der Waals surface area (Å²) >= 11 is 0. The quantitative estimate of drug-likeness (QED) is 0.722. The second-order valence-corrected chi connectivity index (χ2v) is 6.03. The summed E-state index contributed by atoms with van der Waals surface area (Å²) in [7, 11) is 0. The molecule has 0 bridgehead atoms. The van der Waals surface area contributed by atoms with Gasteiger partial charge in [-0.05, 0) is 31.9 Å². The maximum absolute atomic E-state index is 12.5. The van der Waals surface area contributed by atoms with Crippen LogP contribution in [0.25, 0.3) is 11.5 Å². The average Bonchev–Trinajstić information content (AvgIpc) is 3.34. The van der Waals surface area contributed by atoms with Crippen LogP contribution >= 0.6 is 0 Å². The number of nitrogens with zero attached hydrogens (tertiary/aromatic N) is 5. The molecule has 1 aliphatic rings. The van der Waals surface area contributed by atoms with E-state index in [0.29, 0.717) is 30.6 Å². The Morgan fingerprint density at radius 3 is 3.08 bits per heavy atom. The van der Waals surface area contributed by atoms with Crippen LogP contribution in [-0.2, 0) is 0 Å².